The summed E-state index contributed by atoms with van der Waals surface area (Å²) < 4.78 is 31.0. The van der Waals surface area contributed by atoms with E-state index >= 15 is 0 Å². The Morgan fingerprint density at radius 1 is 0.784 bits per heavy atom. The molecular formula is C26H39NO10. The van der Waals surface area contributed by atoms with E-state index in [0.29, 0.717) is 5.56 Å². The highest BCUT2D eigenvalue weighted by Gasteiger charge is 2.25. The second-order valence-electron chi connectivity index (χ2n) is 9.40. The number of nitrogens with two attached hydrogens (primary N) is 1. The van der Waals surface area contributed by atoms with Crippen LogP contribution in [0.25, 0.3) is 0 Å². The average Bonchev–Trinajstić information content (AvgIpc) is 2.82. The van der Waals surface area contributed by atoms with Crippen LogP contribution >= 0.6 is 0 Å². The van der Waals surface area contributed by atoms with E-state index in [1.54, 1.807) is 26.8 Å². The Balaban J connectivity index is 2.95. The van der Waals surface area contributed by atoms with Crippen molar-refractivity contribution in [3.05, 3.63) is 23.8 Å². The largest absolute Gasteiger partial charge is 0.513 e. The standard InChI is InChI=1S/C26H39NO10/c1-8-23(28)34-17(6)18(7)35-24(29)20(27)11-19-9-10-21(36-25(30)32-13-15(2)3)22(12-19)37-26(31)33-14-16(4)5/h9-10,12,15-18,20H,8,11,13-14,27H2,1-7H3/t17-,18-,20-/m0/s1. The molecule has 0 aliphatic rings. The van der Waals surface area contributed by atoms with Crippen LogP contribution < -0.4 is 15.2 Å². The molecule has 2 N–H and O–H groups in total. The Labute approximate surface area is 217 Å². The smallest absolute Gasteiger partial charge is 0.459 e. The van der Waals surface area contributed by atoms with Crippen molar-refractivity contribution in [2.45, 2.75) is 79.6 Å². The predicted octanol–water partition coefficient (Wildman–Crippen LogP) is 4.17. The zero-order chi connectivity index (χ0) is 28.1. The number of hydrogen-bond acceptors (Lipinski definition) is 11. The van der Waals surface area contributed by atoms with Crippen molar-refractivity contribution >= 4 is 24.2 Å². The van der Waals surface area contributed by atoms with Crippen LogP contribution in [0.3, 0.4) is 0 Å². The van der Waals surface area contributed by atoms with Gasteiger partial charge in [-0.2, -0.15) is 0 Å². The van der Waals surface area contributed by atoms with E-state index in [0.717, 1.165) is 0 Å². The summed E-state index contributed by atoms with van der Waals surface area (Å²) in [5.41, 5.74) is 6.52. The van der Waals surface area contributed by atoms with Crippen molar-refractivity contribution in [1.29, 1.82) is 0 Å². The van der Waals surface area contributed by atoms with E-state index in [1.807, 2.05) is 27.7 Å². The van der Waals surface area contributed by atoms with Crippen LogP contribution in [-0.2, 0) is 35.0 Å². The molecule has 0 aliphatic carbocycles. The number of hydrogen-bond donors (Lipinski definition) is 1. The van der Waals surface area contributed by atoms with Gasteiger partial charge in [-0.25, -0.2) is 9.59 Å². The number of carbonyl (C=O) groups is 4. The fraction of sp³-hybridized carbons (Fsp3) is 0.615. The molecule has 208 valence electrons. The van der Waals surface area contributed by atoms with Crippen LogP contribution in [-0.4, -0.2) is 55.7 Å². The zero-order valence-electron chi connectivity index (χ0n) is 22.6. The van der Waals surface area contributed by atoms with Gasteiger partial charge in [0.15, 0.2) is 11.5 Å². The molecule has 0 spiro atoms. The first-order valence-corrected chi connectivity index (χ1v) is 12.3. The minimum absolute atomic E-state index is 0.0180. The normalized spacial score (nSPS) is 13.4. The fourth-order valence-corrected chi connectivity index (χ4v) is 2.64. The van der Waals surface area contributed by atoms with Gasteiger partial charge >= 0.3 is 24.2 Å². The fourth-order valence-electron chi connectivity index (χ4n) is 2.64. The molecule has 1 rings (SSSR count). The van der Waals surface area contributed by atoms with Crippen molar-refractivity contribution in [3.8, 4) is 11.5 Å². The monoisotopic (exact) mass is 525 g/mol. The summed E-state index contributed by atoms with van der Waals surface area (Å²) in [4.78, 5) is 48.1. The predicted molar refractivity (Wildman–Crippen MR) is 133 cm³/mol. The van der Waals surface area contributed by atoms with Gasteiger partial charge in [0.05, 0.1) is 13.2 Å². The highest BCUT2D eigenvalue weighted by atomic mass is 16.7. The number of esters is 2. The molecule has 0 aromatic heterocycles. The van der Waals surface area contributed by atoms with Crippen LogP contribution in [0, 0.1) is 11.8 Å². The van der Waals surface area contributed by atoms with Crippen LogP contribution in [0.2, 0.25) is 0 Å². The second kappa shape index (κ2) is 15.7. The molecule has 0 bridgehead atoms. The maximum atomic E-state index is 12.5. The zero-order valence-corrected chi connectivity index (χ0v) is 22.6. The summed E-state index contributed by atoms with van der Waals surface area (Å²) in [6.07, 6.45) is -3.09. The minimum atomic E-state index is -1.07. The average molecular weight is 526 g/mol. The van der Waals surface area contributed by atoms with Crippen molar-refractivity contribution in [3.63, 3.8) is 0 Å². The van der Waals surface area contributed by atoms with Gasteiger partial charge in [-0.3, -0.25) is 9.59 Å². The lowest BCUT2D eigenvalue weighted by molar-refractivity contribution is -0.166. The molecular weight excluding hydrogens is 486 g/mol. The molecule has 0 amide bonds. The summed E-state index contributed by atoms with van der Waals surface area (Å²) in [5.74, 6) is -1.11. The second-order valence-corrected chi connectivity index (χ2v) is 9.40. The van der Waals surface area contributed by atoms with Crippen molar-refractivity contribution in [2.75, 3.05) is 13.2 Å². The van der Waals surface area contributed by atoms with Crippen LogP contribution in [0.15, 0.2) is 18.2 Å². The first-order valence-electron chi connectivity index (χ1n) is 12.3. The maximum absolute atomic E-state index is 12.5. The van der Waals surface area contributed by atoms with E-state index in [2.05, 4.69) is 0 Å². The van der Waals surface area contributed by atoms with Gasteiger partial charge < -0.3 is 34.2 Å². The van der Waals surface area contributed by atoms with E-state index in [9.17, 15) is 19.2 Å². The highest BCUT2D eigenvalue weighted by Crippen LogP contribution is 2.30. The molecule has 1 aromatic carbocycles. The molecule has 0 radical (unpaired) electrons. The van der Waals surface area contributed by atoms with Crippen LogP contribution in [0.5, 0.6) is 11.5 Å². The van der Waals surface area contributed by atoms with Crippen molar-refractivity contribution in [2.24, 2.45) is 17.6 Å². The number of rotatable bonds is 13. The molecule has 11 heteroatoms. The quantitative estimate of drug-likeness (QED) is 0.224. The van der Waals surface area contributed by atoms with Gasteiger partial charge in [0, 0.05) is 6.42 Å². The summed E-state index contributed by atoms with van der Waals surface area (Å²) in [5, 5.41) is 0. The third kappa shape index (κ3) is 12.4. The molecule has 3 atom stereocenters. The Kier molecular flexibility index (Phi) is 13.4. The molecule has 0 aliphatic heterocycles. The first-order chi connectivity index (χ1) is 17.3. The Bertz CT molecular complexity index is 915. The molecule has 0 heterocycles. The van der Waals surface area contributed by atoms with Gasteiger partial charge in [0.1, 0.15) is 18.2 Å². The van der Waals surface area contributed by atoms with Crippen LogP contribution in [0.4, 0.5) is 9.59 Å². The summed E-state index contributed by atoms with van der Waals surface area (Å²) in [6.45, 7) is 12.6. The van der Waals surface area contributed by atoms with E-state index in [4.69, 9.17) is 34.2 Å². The third-order valence-electron chi connectivity index (χ3n) is 4.79. The van der Waals surface area contributed by atoms with E-state index in [-0.39, 0.29) is 49.4 Å². The Morgan fingerprint density at radius 3 is 1.81 bits per heavy atom. The third-order valence-corrected chi connectivity index (χ3v) is 4.79. The lowest BCUT2D eigenvalue weighted by Gasteiger charge is -2.22. The van der Waals surface area contributed by atoms with E-state index in [1.165, 1.54) is 12.1 Å². The number of benzene rings is 1. The van der Waals surface area contributed by atoms with E-state index < -0.39 is 42.5 Å². The van der Waals surface area contributed by atoms with Crippen molar-refractivity contribution < 1.29 is 47.6 Å². The molecule has 0 saturated carbocycles. The maximum Gasteiger partial charge on any atom is 0.513 e. The Morgan fingerprint density at radius 2 is 1.30 bits per heavy atom. The minimum Gasteiger partial charge on any atom is -0.459 e. The summed E-state index contributed by atoms with van der Waals surface area (Å²) >= 11 is 0. The topological polar surface area (TPSA) is 150 Å². The van der Waals surface area contributed by atoms with Gasteiger partial charge in [-0.1, -0.05) is 40.7 Å². The SMILES string of the molecule is CCC(=O)O[C@@H](C)[C@H](C)OC(=O)[C@@H](N)Cc1ccc(OC(=O)OCC(C)C)c(OC(=O)OCC(C)C)c1. The van der Waals surface area contributed by atoms with Gasteiger partial charge in [-0.15, -0.1) is 0 Å². The summed E-state index contributed by atoms with van der Waals surface area (Å²) in [6, 6.07) is 3.29. The molecule has 0 unspecified atom stereocenters. The lowest BCUT2D eigenvalue weighted by Crippen LogP contribution is -2.39. The number of carbonyl (C=O) groups excluding carboxylic acids is 4. The first kappa shape index (κ1) is 31.7. The molecule has 0 saturated heterocycles. The Hall–Kier alpha value is -3.34. The van der Waals surface area contributed by atoms with Crippen molar-refractivity contribution in [1.82, 2.24) is 0 Å². The molecule has 0 fully saturated rings. The number of ether oxygens (including phenoxy) is 6. The van der Waals surface area contributed by atoms with Crippen LogP contribution in [0.1, 0.15) is 60.5 Å². The molecule has 37 heavy (non-hydrogen) atoms. The highest BCUT2D eigenvalue weighted by molar-refractivity contribution is 5.76. The summed E-state index contributed by atoms with van der Waals surface area (Å²) in [7, 11) is 0. The van der Waals surface area contributed by atoms with Gasteiger partial charge in [0.2, 0.25) is 0 Å². The van der Waals surface area contributed by atoms with Gasteiger partial charge in [-0.05, 0) is 49.8 Å². The lowest BCUT2D eigenvalue weighted by atomic mass is 10.1. The molecule has 11 nitrogen and oxygen atoms in total. The molecule has 1 aromatic rings. The van der Waals surface area contributed by atoms with Gasteiger partial charge in [0.25, 0.3) is 0 Å².